The monoisotopic (exact) mass is 288 g/mol. The van der Waals surface area contributed by atoms with Crippen molar-refractivity contribution in [2.45, 2.75) is 0 Å². The van der Waals surface area contributed by atoms with Crippen LogP contribution >= 0.6 is 0 Å². The third-order valence-electron chi connectivity index (χ3n) is 3.62. The maximum Gasteiger partial charge on any atom is 0.330 e. The van der Waals surface area contributed by atoms with E-state index in [0.29, 0.717) is 0 Å². The quantitative estimate of drug-likeness (QED) is 0.301. The van der Waals surface area contributed by atoms with Gasteiger partial charge in [0.2, 0.25) is 0 Å². The van der Waals surface area contributed by atoms with Gasteiger partial charge >= 0.3 is 5.97 Å². The van der Waals surface area contributed by atoms with Crippen LogP contribution in [0, 0.1) is 0 Å². The van der Waals surface area contributed by atoms with Gasteiger partial charge in [-0.05, 0) is 33.2 Å². The van der Waals surface area contributed by atoms with Crippen LogP contribution in [-0.2, 0) is 9.53 Å². The van der Waals surface area contributed by atoms with E-state index in [-0.39, 0.29) is 5.97 Å². The Hall–Kier alpha value is -2.87. The molecule has 0 saturated carbocycles. The maximum atomic E-state index is 11.1. The Balaban J connectivity index is 2.14. The zero-order chi connectivity index (χ0) is 15.4. The molecule has 0 fully saturated rings. The molecule has 22 heavy (non-hydrogen) atoms. The number of ether oxygens (including phenoxy) is 1. The van der Waals surface area contributed by atoms with E-state index in [1.807, 2.05) is 36.4 Å². The summed E-state index contributed by atoms with van der Waals surface area (Å²) in [4.78, 5) is 11.1. The second-order valence-electron chi connectivity index (χ2n) is 4.97. The molecule has 0 atom stereocenters. The smallest absolute Gasteiger partial charge is 0.330 e. The summed E-state index contributed by atoms with van der Waals surface area (Å²) in [5.74, 6) is -0.354. The lowest BCUT2D eigenvalue weighted by molar-refractivity contribution is -0.134. The summed E-state index contributed by atoms with van der Waals surface area (Å²) >= 11 is 0. The van der Waals surface area contributed by atoms with Crippen LogP contribution in [0.15, 0.2) is 72.8 Å². The zero-order valence-electron chi connectivity index (χ0n) is 12.3. The lowest BCUT2D eigenvalue weighted by atomic mass is 9.96. The number of carbonyl (C=O) groups excluding carboxylic acids is 1. The first-order valence-electron chi connectivity index (χ1n) is 7.13. The molecule has 3 aromatic carbocycles. The molecule has 0 amide bonds. The van der Waals surface area contributed by atoms with Gasteiger partial charge < -0.3 is 4.74 Å². The summed E-state index contributed by atoms with van der Waals surface area (Å²) in [5, 5.41) is 4.81. The Labute approximate surface area is 129 Å². The Kier molecular flexibility index (Phi) is 4.01. The number of hydrogen-bond acceptors (Lipinski definition) is 2. The van der Waals surface area contributed by atoms with Gasteiger partial charge in [-0.15, -0.1) is 0 Å². The average Bonchev–Trinajstić information content (AvgIpc) is 2.57. The fourth-order valence-corrected chi connectivity index (χ4v) is 2.58. The number of hydrogen-bond donors (Lipinski definition) is 0. The Morgan fingerprint density at radius 1 is 0.909 bits per heavy atom. The predicted octanol–water partition coefficient (Wildman–Crippen LogP) is 4.74. The minimum atomic E-state index is -0.354. The number of fused-ring (bicyclic) bond motifs is 2. The van der Waals surface area contributed by atoms with Crippen LogP contribution in [0.5, 0.6) is 0 Å². The Morgan fingerprint density at radius 2 is 1.50 bits per heavy atom. The van der Waals surface area contributed by atoms with E-state index in [4.69, 9.17) is 0 Å². The fraction of sp³-hybridized carbons (Fsp3) is 0.0500. The van der Waals surface area contributed by atoms with E-state index in [1.54, 1.807) is 6.08 Å². The van der Waals surface area contributed by atoms with Crippen molar-refractivity contribution in [3.8, 4) is 0 Å². The van der Waals surface area contributed by atoms with E-state index >= 15 is 0 Å². The second-order valence-corrected chi connectivity index (χ2v) is 4.97. The molecule has 3 rings (SSSR count). The van der Waals surface area contributed by atoms with E-state index in [0.717, 1.165) is 5.56 Å². The minimum absolute atomic E-state index is 0.354. The SMILES string of the molecule is COC(=O)/C=C/C=C/c1c2ccccc2cc2ccccc12. The molecule has 108 valence electrons. The van der Waals surface area contributed by atoms with Gasteiger partial charge in [0, 0.05) is 6.08 Å². The highest BCUT2D eigenvalue weighted by atomic mass is 16.5. The molecule has 0 bridgehead atoms. The number of rotatable bonds is 3. The molecular formula is C20H16O2. The van der Waals surface area contributed by atoms with Gasteiger partial charge in [-0.1, -0.05) is 66.8 Å². The number of benzene rings is 3. The highest BCUT2D eigenvalue weighted by Gasteiger charge is 2.04. The molecule has 3 aromatic rings. The third kappa shape index (κ3) is 2.77. The van der Waals surface area contributed by atoms with Crippen molar-refractivity contribution in [2.24, 2.45) is 0 Å². The number of methoxy groups -OCH3 is 1. The molecular weight excluding hydrogens is 272 g/mol. The first kappa shape index (κ1) is 14.1. The molecule has 0 aromatic heterocycles. The van der Waals surface area contributed by atoms with E-state index < -0.39 is 0 Å². The Bertz CT molecular complexity index is 834. The summed E-state index contributed by atoms with van der Waals surface area (Å²) < 4.78 is 4.58. The van der Waals surface area contributed by atoms with Crippen LogP contribution in [-0.4, -0.2) is 13.1 Å². The molecule has 0 spiro atoms. The van der Waals surface area contributed by atoms with Gasteiger partial charge in [0.15, 0.2) is 0 Å². The number of esters is 1. The van der Waals surface area contributed by atoms with Crippen molar-refractivity contribution in [3.63, 3.8) is 0 Å². The molecule has 0 aliphatic carbocycles. The summed E-state index contributed by atoms with van der Waals surface area (Å²) in [6.45, 7) is 0. The van der Waals surface area contributed by atoms with E-state index in [1.165, 1.54) is 34.7 Å². The first-order valence-corrected chi connectivity index (χ1v) is 7.13. The minimum Gasteiger partial charge on any atom is -0.466 e. The van der Waals surface area contributed by atoms with Crippen molar-refractivity contribution in [1.82, 2.24) is 0 Å². The predicted molar refractivity (Wildman–Crippen MR) is 91.6 cm³/mol. The van der Waals surface area contributed by atoms with E-state index in [2.05, 4.69) is 35.1 Å². The summed E-state index contributed by atoms with van der Waals surface area (Å²) in [7, 11) is 1.37. The highest BCUT2D eigenvalue weighted by Crippen LogP contribution is 2.29. The van der Waals surface area contributed by atoms with Gasteiger partial charge in [0.05, 0.1) is 7.11 Å². The normalized spacial score (nSPS) is 11.7. The second kappa shape index (κ2) is 6.27. The van der Waals surface area contributed by atoms with Crippen LogP contribution < -0.4 is 0 Å². The van der Waals surface area contributed by atoms with Crippen LogP contribution in [0.2, 0.25) is 0 Å². The van der Waals surface area contributed by atoms with Gasteiger partial charge in [-0.3, -0.25) is 0 Å². The fourth-order valence-electron chi connectivity index (χ4n) is 2.58. The topological polar surface area (TPSA) is 26.3 Å². The third-order valence-corrected chi connectivity index (χ3v) is 3.62. The molecule has 0 aliphatic heterocycles. The van der Waals surface area contributed by atoms with Crippen molar-refractivity contribution in [1.29, 1.82) is 0 Å². The van der Waals surface area contributed by atoms with Crippen molar-refractivity contribution < 1.29 is 9.53 Å². The van der Waals surface area contributed by atoms with Gasteiger partial charge in [0.1, 0.15) is 0 Å². The van der Waals surface area contributed by atoms with Crippen molar-refractivity contribution in [2.75, 3.05) is 7.11 Å². The lowest BCUT2D eigenvalue weighted by Gasteiger charge is -2.08. The molecule has 0 N–H and O–H groups in total. The van der Waals surface area contributed by atoms with Gasteiger partial charge in [0.25, 0.3) is 0 Å². The molecule has 0 heterocycles. The van der Waals surface area contributed by atoms with Crippen LogP contribution in [0.1, 0.15) is 5.56 Å². The molecule has 0 unspecified atom stereocenters. The average molecular weight is 288 g/mol. The van der Waals surface area contributed by atoms with Crippen LogP contribution in [0.25, 0.3) is 27.6 Å². The van der Waals surface area contributed by atoms with Crippen molar-refractivity contribution in [3.05, 3.63) is 78.4 Å². The lowest BCUT2D eigenvalue weighted by Crippen LogP contribution is -1.92. The largest absolute Gasteiger partial charge is 0.466 e. The highest BCUT2D eigenvalue weighted by molar-refractivity contribution is 6.06. The molecule has 0 radical (unpaired) electrons. The van der Waals surface area contributed by atoms with Crippen molar-refractivity contribution >= 4 is 33.6 Å². The maximum absolute atomic E-state index is 11.1. The number of carbonyl (C=O) groups is 1. The molecule has 2 heteroatoms. The summed E-state index contributed by atoms with van der Waals surface area (Å²) in [5.41, 5.74) is 1.16. The number of allylic oxidation sites excluding steroid dienone is 2. The zero-order valence-corrected chi connectivity index (χ0v) is 12.3. The van der Waals surface area contributed by atoms with Crippen LogP contribution in [0.4, 0.5) is 0 Å². The van der Waals surface area contributed by atoms with Gasteiger partial charge in [-0.25, -0.2) is 4.79 Å². The molecule has 0 saturated heterocycles. The molecule has 2 nitrogen and oxygen atoms in total. The summed E-state index contributed by atoms with van der Waals surface area (Å²) in [6, 6.07) is 18.8. The first-order chi connectivity index (χ1) is 10.8. The molecule has 0 aliphatic rings. The van der Waals surface area contributed by atoms with E-state index in [9.17, 15) is 4.79 Å². The Morgan fingerprint density at radius 3 is 2.09 bits per heavy atom. The summed E-state index contributed by atoms with van der Waals surface area (Å²) in [6.07, 6.45) is 7.00. The van der Waals surface area contributed by atoms with Gasteiger partial charge in [-0.2, -0.15) is 0 Å². The van der Waals surface area contributed by atoms with Crippen LogP contribution in [0.3, 0.4) is 0 Å². The standard InChI is InChI=1S/C20H16O2/c1-22-20(21)13-7-6-12-19-17-10-4-2-8-15(17)14-16-9-3-5-11-18(16)19/h2-14H,1H3/b12-6+,13-7+.